The van der Waals surface area contributed by atoms with E-state index in [9.17, 15) is 9.90 Å². The normalized spacial score (nSPS) is 13.1. The van der Waals surface area contributed by atoms with Crippen molar-refractivity contribution < 1.29 is 29.5 Å². The molecule has 0 amide bonds. The fourth-order valence-corrected chi connectivity index (χ4v) is 3.06. The zero-order valence-electron chi connectivity index (χ0n) is 18.8. The van der Waals surface area contributed by atoms with E-state index >= 15 is 0 Å². The van der Waals surface area contributed by atoms with Crippen LogP contribution in [0.3, 0.4) is 0 Å². The van der Waals surface area contributed by atoms with Crippen molar-refractivity contribution in [1.29, 1.82) is 0 Å². The minimum absolute atomic E-state index is 0.129. The molecule has 0 fully saturated rings. The molecular formula is C24H40O6. The van der Waals surface area contributed by atoms with E-state index < -0.39 is 11.8 Å². The van der Waals surface area contributed by atoms with Crippen molar-refractivity contribution in [2.75, 3.05) is 6.61 Å². The van der Waals surface area contributed by atoms with Gasteiger partial charge in [-0.15, -0.1) is 4.89 Å². The van der Waals surface area contributed by atoms with Gasteiger partial charge in [0, 0.05) is 6.42 Å². The van der Waals surface area contributed by atoms with Crippen LogP contribution in [0.1, 0.15) is 97.3 Å². The predicted molar refractivity (Wildman–Crippen MR) is 117 cm³/mol. The van der Waals surface area contributed by atoms with E-state index in [0.717, 1.165) is 25.7 Å². The molecule has 0 spiro atoms. The minimum atomic E-state index is -1.98. The van der Waals surface area contributed by atoms with Crippen LogP contribution in [0, 0.1) is 0 Å². The molecule has 1 rings (SSSR count). The summed E-state index contributed by atoms with van der Waals surface area (Å²) in [5.74, 6) is -2.85. The maximum Gasteiger partial charge on any atom is 0.371 e. The predicted octanol–water partition coefficient (Wildman–Crippen LogP) is 6.84. The van der Waals surface area contributed by atoms with Crippen molar-refractivity contribution in [1.82, 2.24) is 0 Å². The lowest BCUT2D eigenvalue weighted by molar-refractivity contribution is -0.474. The molecule has 0 aliphatic heterocycles. The molecule has 0 saturated heterocycles. The zero-order chi connectivity index (χ0) is 21.9. The van der Waals surface area contributed by atoms with Gasteiger partial charge in [0.2, 0.25) is 0 Å². The largest absolute Gasteiger partial charge is 0.477 e. The average Bonchev–Trinajstić information content (AvgIpc) is 2.76. The Morgan fingerprint density at radius 1 is 0.800 bits per heavy atom. The molecule has 0 heterocycles. The third-order valence-corrected chi connectivity index (χ3v) is 4.98. The highest BCUT2D eigenvalue weighted by molar-refractivity contribution is 5.75. The van der Waals surface area contributed by atoms with Gasteiger partial charge in [0.15, 0.2) is 5.75 Å². The van der Waals surface area contributed by atoms with E-state index in [2.05, 4.69) is 6.92 Å². The monoisotopic (exact) mass is 424 g/mol. The van der Waals surface area contributed by atoms with Crippen LogP contribution in [0.25, 0.3) is 0 Å². The Kier molecular flexibility index (Phi) is 15.0. The van der Waals surface area contributed by atoms with Crippen molar-refractivity contribution >= 4 is 5.97 Å². The van der Waals surface area contributed by atoms with E-state index in [4.69, 9.17) is 19.6 Å². The van der Waals surface area contributed by atoms with Gasteiger partial charge in [0.1, 0.15) is 0 Å². The van der Waals surface area contributed by atoms with E-state index in [-0.39, 0.29) is 6.42 Å². The lowest BCUT2D eigenvalue weighted by Crippen LogP contribution is -2.45. The fraction of sp³-hybridized carbons (Fsp3) is 0.708. The quantitative estimate of drug-likeness (QED) is 0.107. The first-order chi connectivity index (χ1) is 14.6. The number of carboxylic acid groups (broad SMARTS) is 1. The molecule has 1 unspecified atom stereocenters. The molecule has 0 aliphatic carbocycles. The van der Waals surface area contributed by atoms with Gasteiger partial charge in [-0.3, -0.25) is 0 Å². The Balaban J connectivity index is 2.29. The van der Waals surface area contributed by atoms with Gasteiger partial charge in [-0.2, -0.15) is 4.89 Å². The van der Waals surface area contributed by atoms with Crippen molar-refractivity contribution in [3.05, 3.63) is 30.3 Å². The van der Waals surface area contributed by atoms with E-state index in [0.29, 0.717) is 18.8 Å². The Morgan fingerprint density at radius 2 is 1.37 bits per heavy atom. The Hall–Kier alpha value is -1.63. The van der Waals surface area contributed by atoms with Gasteiger partial charge in [0.25, 0.3) is 0 Å². The van der Waals surface area contributed by atoms with Crippen LogP contribution in [0.2, 0.25) is 0 Å². The molecule has 1 atom stereocenters. The van der Waals surface area contributed by atoms with Gasteiger partial charge in [0.05, 0.1) is 6.61 Å². The van der Waals surface area contributed by atoms with Crippen molar-refractivity contribution in [2.24, 2.45) is 0 Å². The molecule has 30 heavy (non-hydrogen) atoms. The van der Waals surface area contributed by atoms with E-state index in [1.54, 1.807) is 24.3 Å². The molecule has 1 N–H and O–H groups in total. The lowest BCUT2D eigenvalue weighted by Gasteiger charge is -2.26. The number of benzene rings is 1. The highest BCUT2D eigenvalue weighted by Crippen LogP contribution is 2.24. The number of carboxylic acids is 1. The number of carbonyl (C=O) groups is 1. The summed E-state index contributed by atoms with van der Waals surface area (Å²) in [7, 11) is 0. The number of rotatable bonds is 20. The molecule has 0 saturated carbocycles. The molecule has 6 heteroatoms. The molecular weight excluding hydrogens is 384 g/mol. The van der Waals surface area contributed by atoms with Crippen LogP contribution in [-0.4, -0.2) is 23.5 Å². The second-order valence-electron chi connectivity index (χ2n) is 7.73. The third kappa shape index (κ3) is 11.5. The molecule has 0 radical (unpaired) electrons. The summed E-state index contributed by atoms with van der Waals surface area (Å²) in [6.45, 7) is 4.53. The fourth-order valence-electron chi connectivity index (χ4n) is 3.06. The standard InChI is InChI=1S/C24H40O6/c1-3-5-7-8-9-10-11-12-13-17-21-27-29-24(23(25)26,20-6-4-2)30-28-22-18-15-14-16-19-22/h14-16,18-19H,3-13,17,20-21H2,1-2H3,(H,25,26). The third-order valence-electron chi connectivity index (χ3n) is 4.98. The molecule has 0 bridgehead atoms. The molecule has 6 nitrogen and oxygen atoms in total. The topological polar surface area (TPSA) is 74.2 Å². The maximum atomic E-state index is 11.9. The zero-order valence-corrected chi connectivity index (χ0v) is 18.8. The Labute approximate surface area is 181 Å². The molecule has 1 aromatic carbocycles. The average molecular weight is 425 g/mol. The highest BCUT2D eigenvalue weighted by atomic mass is 17.3. The van der Waals surface area contributed by atoms with Gasteiger partial charge in [-0.1, -0.05) is 96.3 Å². The van der Waals surface area contributed by atoms with Gasteiger partial charge >= 0.3 is 11.8 Å². The maximum absolute atomic E-state index is 11.9. The first-order valence-electron chi connectivity index (χ1n) is 11.6. The molecule has 172 valence electrons. The number of para-hydroxylation sites is 1. The molecule has 0 aromatic heterocycles. The first-order valence-corrected chi connectivity index (χ1v) is 11.6. The van der Waals surface area contributed by atoms with Crippen molar-refractivity contribution in [3.8, 4) is 5.75 Å². The van der Waals surface area contributed by atoms with E-state index in [1.165, 1.54) is 44.9 Å². The number of unbranched alkanes of at least 4 members (excludes halogenated alkanes) is 10. The van der Waals surface area contributed by atoms with Crippen LogP contribution in [0.4, 0.5) is 0 Å². The molecule has 0 aliphatic rings. The highest BCUT2D eigenvalue weighted by Gasteiger charge is 2.45. The Bertz CT molecular complexity index is 536. The van der Waals surface area contributed by atoms with Crippen LogP contribution >= 0.6 is 0 Å². The summed E-state index contributed by atoms with van der Waals surface area (Å²) in [5.41, 5.74) is 0. The lowest BCUT2D eigenvalue weighted by atomic mass is 10.1. The van der Waals surface area contributed by atoms with Gasteiger partial charge in [-0.25, -0.2) is 9.68 Å². The van der Waals surface area contributed by atoms with Crippen LogP contribution < -0.4 is 4.89 Å². The second-order valence-corrected chi connectivity index (χ2v) is 7.73. The second kappa shape index (κ2) is 17.1. The SMILES string of the molecule is CCCCCCCCCCCCOOC(CCCC)(OOc1ccccc1)C(=O)O. The number of hydrogen-bond donors (Lipinski definition) is 1. The van der Waals surface area contributed by atoms with Crippen molar-refractivity contribution in [3.63, 3.8) is 0 Å². The van der Waals surface area contributed by atoms with Gasteiger partial charge < -0.3 is 9.99 Å². The minimum Gasteiger partial charge on any atom is -0.477 e. The summed E-state index contributed by atoms with van der Waals surface area (Å²) in [5, 5.41) is 9.70. The first kappa shape index (κ1) is 26.4. The number of aliphatic carboxylic acids is 1. The smallest absolute Gasteiger partial charge is 0.371 e. The summed E-state index contributed by atoms with van der Waals surface area (Å²) in [4.78, 5) is 32.8. The molecule has 1 aromatic rings. The summed E-state index contributed by atoms with van der Waals surface area (Å²) < 4.78 is 0. The van der Waals surface area contributed by atoms with Gasteiger partial charge in [-0.05, 0) is 25.0 Å². The summed E-state index contributed by atoms with van der Waals surface area (Å²) >= 11 is 0. The summed E-state index contributed by atoms with van der Waals surface area (Å²) in [6.07, 6.45) is 13.7. The van der Waals surface area contributed by atoms with Crippen molar-refractivity contribution in [2.45, 2.75) is 103 Å². The summed E-state index contributed by atoms with van der Waals surface area (Å²) in [6, 6.07) is 8.74. The Morgan fingerprint density at radius 3 is 1.93 bits per heavy atom. The van der Waals surface area contributed by atoms with Crippen LogP contribution in [0.5, 0.6) is 5.75 Å². The van der Waals surface area contributed by atoms with E-state index in [1.807, 2.05) is 13.0 Å². The van der Waals surface area contributed by atoms with Crippen LogP contribution in [-0.2, 0) is 19.5 Å². The van der Waals surface area contributed by atoms with Crippen LogP contribution in [0.15, 0.2) is 30.3 Å². The number of hydrogen-bond acceptors (Lipinski definition) is 5.